The highest BCUT2D eigenvalue weighted by atomic mass is 19.1. The number of halogens is 1. The largest absolute Gasteiger partial charge is 0.371 e. The molecule has 3 heteroatoms. The Morgan fingerprint density at radius 2 is 1.90 bits per heavy atom. The Morgan fingerprint density at radius 1 is 1.25 bits per heavy atom. The van der Waals surface area contributed by atoms with Crippen LogP contribution in [0.15, 0.2) is 18.2 Å². The molecule has 1 aromatic rings. The summed E-state index contributed by atoms with van der Waals surface area (Å²) in [5.41, 5.74) is 8.11. The number of rotatable bonds is 4. The first-order valence-corrected chi connectivity index (χ1v) is 7.76. The van der Waals surface area contributed by atoms with E-state index in [9.17, 15) is 4.39 Å². The third-order valence-corrected chi connectivity index (χ3v) is 4.41. The van der Waals surface area contributed by atoms with Crippen molar-refractivity contribution in [2.75, 3.05) is 18.0 Å². The van der Waals surface area contributed by atoms with Gasteiger partial charge in [-0.2, -0.15) is 0 Å². The Hall–Kier alpha value is -1.09. The lowest BCUT2D eigenvalue weighted by molar-refractivity contribution is 0.311. The minimum Gasteiger partial charge on any atom is -0.371 e. The summed E-state index contributed by atoms with van der Waals surface area (Å²) in [6, 6.07) is 5.19. The molecule has 1 aliphatic heterocycles. The van der Waals surface area contributed by atoms with Gasteiger partial charge in [0.05, 0.1) is 0 Å². The second-order valence-corrected chi connectivity index (χ2v) is 6.52. The minimum absolute atomic E-state index is 0.0590. The molecular weight excluding hydrogens is 251 g/mol. The molecule has 0 bridgehead atoms. The first-order valence-electron chi connectivity index (χ1n) is 7.76. The van der Waals surface area contributed by atoms with Crippen molar-refractivity contribution in [2.45, 2.75) is 46.1 Å². The van der Waals surface area contributed by atoms with Crippen molar-refractivity contribution >= 4 is 5.69 Å². The normalized spacial score (nSPS) is 18.6. The van der Waals surface area contributed by atoms with Crippen LogP contribution in [-0.4, -0.2) is 19.1 Å². The van der Waals surface area contributed by atoms with Crippen LogP contribution < -0.4 is 10.6 Å². The van der Waals surface area contributed by atoms with Gasteiger partial charge in [-0.3, -0.25) is 0 Å². The van der Waals surface area contributed by atoms with Crippen molar-refractivity contribution in [1.82, 2.24) is 0 Å². The molecule has 1 saturated heterocycles. The SMILES string of the molecule is CC(N)Cc1cc(F)ccc1N1CCC(C(C)C)CC1. The van der Waals surface area contributed by atoms with Crippen LogP contribution >= 0.6 is 0 Å². The molecule has 1 fully saturated rings. The van der Waals surface area contributed by atoms with E-state index < -0.39 is 0 Å². The number of benzene rings is 1. The van der Waals surface area contributed by atoms with Gasteiger partial charge in [0, 0.05) is 24.8 Å². The van der Waals surface area contributed by atoms with E-state index >= 15 is 0 Å². The summed E-state index contributed by atoms with van der Waals surface area (Å²) < 4.78 is 13.5. The maximum atomic E-state index is 13.5. The summed E-state index contributed by atoms with van der Waals surface area (Å²) in [6.45, 7) is 8.72. The molecule has 0 aromatic heterocycles. The zero-order valence-corrected chi connectivity index (χ0v) is 12.9. The molecule has 20 heavy (non-hydrogen) atoms. The van der Waals surface area contributed by atoms with Crippen molar-refractivity contribution in [3.8, 4) is 0 Å². The zero-order chi connectivity index (χ0) is 14.7. The summed E-state index contributed by atoms with van der Waals surface area (Å²) >= 11 is 0. The Kier molecular flexibility index (Phi) is 5.03. The lowest BCUT2D eigenvalue weighted by Crippen LogP contribution is -2.36. The standard InChI is InChI=1S/C17H27FN2/c1-12(2)14-6-8-20(9-7-14)17-5-4-16(18)11-15(17)10-13(3)19/h4-5,11-14H,6-10,19H2,1-3H3. The number of nitrogens with two attached hydrogens (primary N) is 1. The average molecular weight is 278 g/mol. The predicted octanol–water partition coefficient (Wildman–Crippen LogP) is 3.59. The first kappa shape index (κ1) is 15.3. The van der Waals surface area contributed by atoms with Crippen molar-refractivity contribution in [3.63, 3.8) is 0 Å². The van der Waals surface area contributed by atoms with Crippen LogP contribution in [0.4, 0.5) is 10.1 Å². The maximum absolute atomic E-state index is 13.5. The molecular formula is C17H27FN2. The highest BCUT2D eigenvalue weighted by Crippen LogP contribution is 2.30. The molecule has 0 aliphatic carbocycles. The van der Waals surface area contributed by atoms with E-state index in [1.54, 1.807) is 12.1 Å². The monoisotopic (exact) mass is 278 g/mol. The summed E-state index contributed by atoms with van der Waals surface area (Å²) in [6.07, 6.45) is 3.19. The fourth-order valence-corrected chi connectivity index (χ4v) is 3.18. The van der Waals surface area contributed by atoms with Gasteiger partial charge < -0.3 is 10.6 Å². The molecule has 112 valence electrons. The molecule has 0 saturated carbocycles. The van der Waals surface area contributed by atoms with Gasteiger partial charge in [0.2, 0.25) is 0 Å². The summed E-state index contributed by atoms with van der Waals surface area (Å²) in [5.74, 6) is 1.42. The van der Waals surface area contributed by atoms with E-state index in [2.05, 4.69) is 18.7 Å². The lowest BCUT2D eigenvalue weighted by atomic mass is 9.86. The van der Waals surface area contributed by atoms with Crippen molar-refractivity contribution in [1.29, 1.82) is 0 Å². The number of anilines is 1. The molecule has 0 amide bonds. The second kappa shape index (κ2) is 6.57. The topological polar surface area (TPSA) is 29.3 Å². The molecule has 0 radical (unpaired) electrons. The molecule has 1 atom stereocenters. The van der Waals surface area contributed by atoms with Gasteiger partial charge in [0.1, 0.15) is 5.82 Å². The maximum Gasteiger partial charge on any atom is 0.123 e. The lowest BCUT2D eigenvalue weighted by Gasteiger charge is -2.36. The number of hydrogen-bond acceptors (Lipinski definition) is 2. The molecule has 2 nitrogen and oxygen atoms in total. The van der Waals surface area contributed by atoms with Crippen LogP contribution in [0.25, 0.3) is 0 Å². The number of piperidine rings is 1. The molecule has 1 aliphatic rings. The van der Waals surface area contributed by atoms with Crippen LogP contribution in [-0.2, 0) is 6.42 Å². The van der Waals surface area contributed by atoms with E-state index in [0.29, 0.717) is 0 Å². The molecule has 1 unspecified atom stereocenters. The van der Waals surface area contributed by atoms with Crippen LogP contribution in [0.5, 0.6) is 0 Å². The third-order valence-electron chi connectivity index (χ3n) is 4.41. The van der Waals surface area contributed by atoms with Crippen molar-refractivity contribution < 1.29 is 4.39 Å². The quantitative estimate of drug-likeness (QED) is 0.912. The van der Waals surface area contributed by atoms with E-state index in [1.807, 2.05) is 13.0 Å². The molecule has 0 spiro atoms. The van der Waals surface area contributed by atoms with Gasteiger partial charge in [0.25, 0.3) is 0 Å². The number of hydrogen-bond donors (Lipinski definition) is 1. The van der Waals surface area contributed by atoms with Crippen molar-refractivity contribution in [3.05, 3.63) is 29.6 Å². The molecule has 2 rings (SSSR count). The molecule has 2 N–H and O–H groups in total. The minimum atomic E-state index is -0.165. The first-order chi connectivity index (χ1) is 9.47. The fraction of sp³-hybridized carbons (Fsp3) is 0.647. The summed E-state index contributed by atoms with van der Waals surface area (Å²) in [5, 5.41) is 0. The second-order valence-electron chi connectivity index (χ2n) is 6.52. The highest BCUT2D eigenvalue weighted by molar-refractivity contribution is 5.54. The van der Waals surface area contributed by atoms with Crippen LogP contribution in [0.1, 0.15) is 39.2 Å². The Bertz CT molecular complexity index is 435. The number of nitrogens with zero attached hydrogens (tertiary/aromatic N) is 1. The smallest absolute Gasteiger partial charge is 0.123 e. The Morgan fingerprint density at radius 3 is 2.45 bits per heavy atom. The highest BCUT2D eigenvalue weighted by Gasteiger charge is 2.23. The Labute approximate surface area is 122 Å². The van der Waals surface area contributed by atoms with E-state index in [4.69, 9.17) is 5.73 Å². The summed E-state index contributed by atoms with van der Waals surface area (Å²) in [4.78, 5) is 2.40. The van der Waals surface area contributed by atoms with E-state index in [0.717, 1.165) is 36.9 Å². The van der Waals surface area contributed by atoms with E-state index in [-0.39, 0.29) is 11.9 Å². The Balaban J connectivity index is 2.13. The summed E-state index contributed by atoms with van der Waals surface area (Å²) in [7, 11) is 0. The van der Waals surface area contributed by atoms with Crippen LogP contribution in [0.2, 0.25) is 0 Å². The van der Waals surface area contributed by atoms with Gasteiger partial charge in [-0.15, -0.1) is 0 Å². The van der Waals surface area contributed by atoms with Crippen LogP contribution in [0, 0.1) is 17.7 Å². The molecule has 1 heterocycles. The van der Waals surface area contributed by atoms with Gasteiger partial charge in [0.15, 0.2) is 0 Å². The fourth-order valence-electron chi connectivity index (χ4n) is 3.18. The van der Waals surface area contributed by atoms with Gasteiger partial charge >= 0.3 is 0 Å². The van der Waals surface area contributed by atoms with Gasteiger partial charge in [-0.25, -0.2) is 4.39 Å². The van der Waals surface area contributed by atoms with Gasteiger partial charge in [-0.05, 0) is 61.8 Å². The zero-order valence-electron chi connectivity index (χ0n) is 12.9. The predicted molar refractivity (Wildman–Crippen MR) is 83.5 cm³/mol. The van der Waals surface area contributed by atoms with Gasteiger partial charge in [-0.1, -0.05) is 13.8 Å². The van der Waals surface area contributed by atoms with Crippen LogP contribution in [0.3, 0.4) is 0 Å². The average Bonchev–Trinajstić information content (AvgIpc) is 2.38. The van der Waals surface area contributed by atoms with Crippen molar-refractivity contribution in [2.24, 2.45) is 17.6 Å². The molecule has 1 aromatic carbocycles. The van der Waals surface area contributed by atoms with E-state index in [1.165, 1.54) is 18.5 Å². The third kappa shape index (κ3) is 3.72.